The summed E-state index contributed by atoms with van der Waals surface area (Å²) >= 11 is 1.79. The Bertz CT molecular complexity index is 587. The quantitative estimate of drug-likeness (QED) is 0.910. The molecular formula is C16H23N3S. The van der Waals surface area contributed by atoms with Crippen LogP contribution in [0.5, 0.6) is 0 Å². The van der Waals surface area contributed by atoms with E-state index in [1.54, 1.807) is 11.8 Å². The summed E-state index contributed by atoms with van der Waals surface area (Å²) in [5.41, 5.74) is 3.69. The molecule has 0 spiro atoms. The first-order valence-corrected chi connectivity index (χ1v) is 7.79. The van der Waals surface area contributed by atoms with E-state index in [-0.39, 0.29) is 0 Å². The molecule has 1 N–H and O–H groups in total. The van der Waals surface area contributed by atoms with Crippen molar-refractivity contribution >= 4 is 11.8 Å². The van der Waals surface area contributed by atoms with Crippen LogP contribution in [0.15, 0.2) is 34.2 Å². The molecule has 20 heavy (non-hydrogen) atoms. The monoisotopic (exact) mass is 289 g/mol. The van der Waals surface area contributed by atoms with Crippen molar-refractivity contribution in [2.24, 2.45) is 7.05 Å². The topological polar surface area (TPSA) is 29.9 Å². The minimum absolute atomic E-state index is 0.478. The molecule has 0 aliphatic heterocycles. The van der Waals surface area contributed by atoms with Crippen molar-refractivity contribution in [3.05, 3.63) is 41.1 Å². The van der Waals surface area contributed by atoms with Crippen molar-refractivity contribution in [1.29, 1.82) is 0 Å². The molecule has 0 aliphatic carbocycles. The van der Waals surface area contributed by atoms with Crippen LogP contribution in [0.2, 0.25) is 0 Å². The number of nitrogens with zero attached hydrogens (tertiary/aromatic N) is 2. The summed E-state index contributed by atoms with van der Waals surface area (Å²) in [6.45, 7) is 9.40. The molecule has 1 heterocycles. The van der Waals surface area contributed by atoms with Gasteiger partial charge >= 0.3 is 0 Å². The average molecular weight is 289 g/mol. The van der Waals surface area contributed by atoms with E-state index in [1.165, 1.54) is 21.0 Å². The van der Waals surface area contributed by atoms with Crippen molar-refractivity contribution in [2.75, 3.05) is 0 Å². The van der Waals surface area contributed by atoms with Gasteiger partial charge in [-0.05, 0) is 26.0 Å². The fourth-order valence-corrected chi connectivity index (χ4v) is 3.24. The van der Waals surface area contributed by atoms with Crippen LogP contribution in [-0.2, 0) is 13.6 Å². The summed E-state index contributed by atoms with van der Waals surface area (Å²) in [5, 5.41) is 9.27. The molecule has 0 atom stereocenters. The molecule has 4 heteroatoms. The van der Waals surface area contributed by atoms with Gasteiger partial charge in [0.15, 0.2) is 0 Å². The zero-order valence-corrected chi connectivity index (χ0v) is 13.7. The van der Waals surface area contributed by atoms with Crippen molar-refractivity contribution in [3.8, 4) is 0 Å². The number of aromatic nitrogens is 2. The lowest BCUT2D eigenvalue weighted by Crippen LogP contribution is -2.22. The van der Waals surface area contributed by atoms with Crippen LogP contribution in [0, 0.1) is 13.8 Å². The van der Waals surface area contributed by atoms with Crippen LogP contribution >= 0.6 is 11.8 Å². The third-order valence-electron chi connectivity index (χ3n) is 3.18. The van der Waals surface area contributed by atoms with Gasteiger partial charge in [-0.25, -0.2) is 0 Å². The van der Waals surface area contributed by atoms with Crippen molar-refractivity contribution in [3.63, 3.8) is 0 Å². The van der Waals surface area contributed by atoms with Gasteiger partial charge in [-0.3, -0.25) is 4.68 Å². The molecule has 3 nitrogen and oxygen atoms in total. The maximum absolute atomic E-state index is 4.56. The average Bonchev–Trinajstić information content (AvgIpc) is 2.62. The first kappa shape index (κ1) is 15.1. The fourth-order valence-electron chi connectivity index (χ4n) is 2.11. The van der Waals surface area contributed by atoms with Gasteiger partial charge in [0, 0.05) is 30.1 Å². The van der Waals surface area contributed by atoms with Gasteiger partial charge in [0.25, 0.3) is 0 Å². The Labute approximate surface area is 125 Å². The molecule has 0 unspecified atom stereocenters. The van der Waals surface area contributed by atoms with E-state index in [0.29, 0.717) is 6.04 Å². The molecule has 0 radical (unpaired) electrons. The predicted molar refractivity (Wildman–Crippen MR) is 85.2 cm³/mol. The van der Waals surface area contributed by atoms with Crippen molar-refractivity contribution in [1.82, 2.24) is 15.1 Å². The highest BCUT2D eigenvalue weighted by Crippen LogP contribution is 2.32. The third kappa shape index (κ3) is 3.64. The molecule has 0 amide bonds. The Morgan fingerprint density at radius 1 is 1.30 bits per heavy atom. The summed E-state index contributed by atoms with van der Waals surface area (Å²) in [6, 6.07) is 9.07. The Morgan fingerprint density at radius 2 is 2.05 bits per heavy atom. The van der Waals surface area contributed by atoms with Gasteiger partial charge in [0.2, 0.25) is 0 Å². The largest absolute Gasteiger partial charge is 0.310 e. The summed E-state index contributed by atoms with van der Waals surface area (Å²) in [7, 11) is 2.02. The second kappa shape index (κ2) is 6.46. The maximum atomic E-state index is 4.56. The number of hydrogen-bond acceptors (Lipinski definition) is 3. The molecule has 2 aromatic rings. The van der Waals surface area contributed by atoms with Crippen LogP contribution in [-0.4, -0.2) is 15.8 Å². The zero-order chi connectivity index (χ0) is 14.7. The molecule has 2 rings (SSSR count). The highest BCUT2D eigenvalue weighted by atomic mass is 32.2. The first-order chi connectivity index (χ1) is 9.47. The lowest BCUT2D eigenvalue weighted by Gasteiger charge is -2.10. The van der Waals surface area contributed by atoms with E-state index in [0.717, 1.165) is 12.2 Å². The van der Waals surface area contributed by atoms with E-state index in [9.17, 15) is 0 Å². The van der Waals surface area contributed by atoms with Gasteiger partial charge in [-0.15, -0.1) is 0 Å². The number of rotatable bonds is 5. The Hall–Kier alpha value is -1.26. The van der Waals surface area contributed by atoms with E-state index in [2.05, 4.69) is 62.4 Å². The highest BCUT2D eigenvalue weighted by molar-refractivity contribution is 7.99. The Kier molecular flexibility index (Phi) is 4.89. The number of nitrogens with one attached hydrogen (secondary N) is 1. The molecule has 0 bridgehead atoms. The Balaban J connectivity index is 2.26. The van der Waals surface area contributed by atoms with Gasteiger partial charge in [0.05, 0.1) is 5.69 Å². The van der Waals surface area contributed by atoms with Gasteiger partial charge < -0.3 is 5.32 Å². The molecule has 0 saturated carbocycles. The summed E-state index contributed by atoms with van der Waals surface area (Å²) in [4.78, 5) is 1.26. The molecule has 0 saturated heterocycles. The Morgan fingerprint density at radius 3 is 2.70 bits per heavy atom. The SMILES string of the molecule is Cc1cccc(Sc2c(CNC(C)C)c(C)nn2C)c1. The summed E-state index contributed by atoms with van der Waals surface area (Å²) < 4.78 is 1.99. The lowest BCUT2D eigenvalue weighted by atomic mass is 10.2. The fraction of sp³-hybridized carbons (Fsp3) is 0.438. The molecule has 1 aromatic heterocycles. The van der Waals surface area contributed by atoms with Gasteiger partial charge in [-0.1, -0.05) is 43.3 Å². The van der Waals surface area contributed by atoms with Crippen molar-refractivity contribution < 1.29 is 0 Å². The molecule has 0 fully saturated rings. The van der Waals surface area contributed by atoms with Crippen LogP contribution in [0.25, 0.3) is 0 Å². The van der Waals surface area contributed by atoms with E-state index < -0.39 is 0 Å². The van der Waals surface area contributed by atoms with E-state index >= 15 is 0 Å². The maximum Gasteiger partial charge on any atom is 0.103 e. The molecule has 108 valence electrons. The lowest BCUT2D eigenvalue weighted by molar-refractivity contribution is 0.580. The predicted octanol–water partition coefficient (Wildman–Crippen LogP) is 3.69. The van der Waals surface area contributed by atoms with Crippen LogP contribution < -0.4 is 5.32 Å². The zero-order valence-electron chi connectivity index (χ0n) is 12.9. The smallest absolute Gasteiger partial charge is 0.103 e. The summed E-state index contributed by atoms with van der Waals surface area (Å²) in [6.07, 6.45) is 0. The number of benzene rings is 1. The normalized spacial score (nSPS) is 11.3. The first-order valence-electron chi connectivity index (χ1n) is 6.97. The summed E-state index contributed by atoms with van der Waals surface area (Å²) in [5.74, 6) is 0. The third-order valence-corrected chi connectivity index (χ3v) is 4.37. The van der Waals surface area contributed by atoms with Crippen LogP contribution in [0.4, 0.5) is 0 Å². The van der Waals surface area contributed by atoms with E-state index in [4.69, 9.17) is 0 Å². The van der Waals surface area contributed by atoms with Crippen LogP contribution in [0.3, 0.4) is 0 Å². The minimum Gasteiger partial charge on any atom is -0.310 e. The highest BCUT2D eigenvalue weighted by Gasteiger charge is 2.14. The molecule has 0 aliphatic rings. The molecule has 1 aromatic carbocycles. The van der Waals surface area contributed by atoms with Crippen LogP contribution in [0.1, 0.15) is 30.7 Å². The molecular weight excluding hydrogens is 266 g/mol. The van der Waals surface area contributed by atoms with E-state index in [1.807, 2.05) is 11.7 Å². The van der Waals surface area contributed by atoms with Crippen molar-refractivity contribution in [2.45, 2.75) is 50.2 Å². The minimum atomic E-state index is 0.478. The standard InChI is InChI=1S/C16H23N3S/c1-11(2)17-10-15-13(4)18-19(5)16(15)20-14-8-6-7-12(3)9-14/h6-9,11,17H,10H2,1-5H3. The number of aryl methyl sites for hydroxylation is 3. The second-order valence-electron chi connectivity index (χ2n) is 5.45. The second-order valence-corrected chi connectivity index (χ2v) is 6.51. The van der Waals surface area contributed by atoms with Gasteiger partial charge in [-0.2, -0.15) is 5.10 Å². The van der Waals surface area contributed by atoms with Gasteiger partial charge in [0.1, 0.15) is 5.03 Å². The number of hydrogen-bond donors (Lipinski definition) is 1.